The van der Waals surface area contributed by atoms with E-state index < -0.39 is 11.4 Å². The zero-order valence-corrected chi connectivity index (χ0v) is 16.6. The number of allylic oxidation sites excluding steroid dienone is 1. The van der Waals surface area contributed by atoms with E-state index in [1.54, 1.807) is 26.0 Å². The summed E-state index contributed by atoms with van der Waals surface area (Å²) >= 11 is 0. The van der Waals surface area contributed by atoms with Crippen LogP contribution in [0.15, 0.2) is 61.2 Å². The van der Waals surface area contributed by atoms with Crippen LogP contribution in [0.3, 0.4) is 0 Å². The number of aliphatic carboxylic acids is 1. The van der Waals surface area contributed by atoms with Crippen LogP contribution in [0.4, 0.5) is 0 Å². The molecular weight excluding hydrogens is 348 g/mol. The van der Waals surface area contributed by atoms with E-state index >= 15 is 0 Å². The Kier molecular flexibility index (Phi) is 7.51. The predicted molar refractivity (Wildman–Crippen MR) is 116 cm³/mol. The van der Waals surface area contributed by atoms with Crippen molar-refractivity contribution in [2.45, 2.75) is 48.0 Å². The maximum absolute atomic E-state index is 12.9. The standard InChI is InChI=1S/C24H28O3.CH4/c1-6-23(2,3)15-17-9-7-11-19(13-17)21(25)20-12-8-10-18(14-20)16-24(4,5)22(26)27;/h6-14H,1,15-16H2,2-5H3,(H,26,27);1H4. The third-order valence-electron chi connectivity index (χ3n) is 4.82. The van der Waals surface area contributed by atoms with Crippen molar-refractivity contribution in [1.29, 1.82) is 0 Å². The van der Waals surface area contributed by atoms with Crippen LogP contribution < -0.4 is 0 Å². The van der Waals surface area contributed by atoms with Crippen molar-refractivity contribution >= 4 is 11.8 Å². The van der Waals surface area contributed by atoms with E-state index in [0.717, 1.165) is 17.5 Å². The van der Waals surface area contributed by atoms with Gasteiger partial charge in [0.2, 0.25) is 0 Å². The molecule has 0 atom stereocenters. The molecule has 28 heavy (non-hydrogen) atoms. The molecule has 0 unspecified atom stereocenters. The summed E-state index contributed by atoms with van der Waals surface area (Å²) in [7, 11) is 0. The Hall–Kier alpha value is -2.68. The molecule has 2 aromatic rings. The molecule has 0 spiro atoms. The van der Waals surface area contributed by atoms with Crippen LogP contribution in [0.5, 0.6) is 0 Å². The lowest BCUT2D eigenvalue weighted by Gasteiger charge is -2.20. The molecule has 2 rings (SSSR count). The summed E-state index contributed by atoms with van der Waals surface area (Å²) in [5, 5.41) is 9.33. The molecule has 0 amide bonds. The maximum atomic E-state index is 12.9. The number of carbonyl (C=O) groups is 2. The highest BCUT2D eigenvalue weighted by Crippen LogP contribution is 2.25. The SMILES string of the molecule is C.C=CC(C)(C)Cc1cccc(C(=O)c2cccc(CC(C)(C)C(=O)O)c2)c1. The summed E-state index contributed by atoms with van der Waals surface area (Å²) in [5.74, 6) is -0.903. The van der Waals surface area contributed by atoms with Crippen LogP contribution in [0.1, 0.15) is 62.2 Å². The van der Waals surface area contributed by atoms with Gasteiger partial charge >= 0.3 is 5.97 Å². The Morgan fingerprint density at radius 2 is 1.39 bits per heavy atom. The zero-order valence-electron chi connectivity index (χ0n) is 16.6. The van der Waals surface area contributed by atoms with Gasteiger partial charge in [-0.05, 0) is 55.4 Å². The second-order valence-electron chi connectivity index (χ2n) is 8.47. The minimum absolute atomic E-state index is 0. The lowest BCUT2D eigenvalue weighted by molar-refractivity contribution is -0.146. The van der Waals surface area contributed by atoms with E-state index in [-0.39, 0.29) is 18.6 Å². The van der Waals surface area contributed by atoms with Gasteiger partial charge in [-0.2, -0.15) is 0 Å². The lowest BCUT2D eigenvalue weighted by atomic mass is 9.84. The van der Waals surface area contributed by atoms with Gasteiger partial charge in [-0.25, -0.2) is 0 Å². The van der Waals surface area contributed by atoms with Gasteiger partial charge in [0.15, 0.2) is 5.78 Å². The quantitative estimate of drug-likeness (QED) is 0.454. The van der Waals surface area contributed by atoms with Gasteiger partial charge in [-0.1, -0.05) is 63.7 Å². The van der Waals surface area contributed by atoms with E-state index in [2.05, 4.69) is 20.4 Å². The van der Waals surface area contributed by atoms with Gasteiger partial charge in [0.05, 0.1) is 5.41 Å². The zero-order chi connectivity index (χ0) is 20.2. The third-order valence-corrected chi connectivity index (χ3v) is 4.82. The number of carboxylic acid groups (broad SMARTS) is 1. The maximum Gasteiger partial charge on any atom is 0.309 e. The van der Waals surface area contributed by atoms with Gasteiger partial charge in [0.1, 0.15) is 0 Å². The molecule has 0 bridgehead atoms. The number of hydrogen-bond acceptors (Lipinski definition) is 2. The highest BCUT2D eigenvalue weighted by Gasteiger charge is 2.27. The van der Waals surface area contributed by atoms with E-state index in [0.29, 0.717) is 17.5 Å². The Morgan fingerprint density at radius 1 is 0.929 bits per heavy atom. The summed E-state index contributed by atoms with van der Waals surface area (Å²) in [4.78, 5) is 24.3. The fourth-order valence-electron chi connectivity index (χ4n) is 3.00. The minimum atomic E-state index is -0.877. The van der Waals surface area contributed by atoms with E-state index in [1.165, 1.54) is 0 Å². The number of carboxylic acids is 1. The van der Waals surface area contributed by atoms with Gasteiger partial charge in [0, 0.05) is 11.1 Å². The fourth-order valence-corrected chi connectivity index (χ4v) is 3.00. The molecule has 0 heterocycles. The number of carbonyl (C=O) groups excluding carboxylic acids is 1. The first-order chi connectivity index (χ1) is 12.5. The van der Waals surface area contributed by atoms with Crippen LogP contribution in [0.25, 0.3) is 0 Å². The van der Waals surface area contributed by atoms with Crippen molar-refractivity contribution in [1.82, 2.24) is 0 Å². The Balaban J connectivity index is 0.00000392. The van der Waals surface area contributed by atoms with Gasteiger partial charge < -0.3 is 5.11 Å². The highest BCUT2D eigenvalue weighted by atomic mass is 16.4. The van der Waals surface area contributed by atoms with E-state index in [4.69, 9.17) is 0 Å². The Bertz CT molecular complexity index is 860. The molecule has 0 fully saturated rings. The number of benzene rings is 2. The molecule has 3 heteroatoms. The van der Waals surface area contributed by atoms with Crippen molar-refractivity contribution in [3.63, 3.8) is 0 Å². The molecule has 0 aliphatic rings. The minimum Gasteiger partial charge on any atom is -0.481 e. The topological polar surface area (TPSA) is 54.4 Å². The van der Waals surface area contributed by atoms with Crippen molar-refractivity contribution in [3.8, 4) is 0 Å². The van der Waals surface area contributed by atoms with Crippen LogP contribution in [0.2, 0.25) is 0 Å². The molecular formula is C25H32O3. The largest absolute Gasteiger partial charge is 0.481 e. The predicted octanol–water partition coefficient (Wildman–Crippen LogP) is 5.96. The van der Waals surface area contributed by atoms with Crippen LogP contribution in [-0.2, 0) is 17.6 Å². The number of ketones is 1. The summed E-state index contributed by atoms with van der Waals surface area (Å²) in [6, 6.07) is 14.9. The molecule has 3 nitrogen and oxygen atoms in total. The molecule has 0 aromatic heterocycles. The van der Waals surface area contributed by atoms with Crippen LogP contribution >= 0.6 is 0 Å². The van der Waals surface area contributed by atoms with Gasteiger partial charge in [-0.3, -0.25) is 9.59 Å². The Labute approximate surface area is 169 Å². The summed E-state index contributed by atoms with van der Waals surface area (Å²) in [6.45, 7) is 11.5. The average Bonchev–Trinajstić information content (AvgIpc) is 2.60. The van der Waals surface area contributed by atoms with Crippen molar-refractivity contribution in [3.05, 3.63) is 83.4 Å². The summed E-state index contributed by atoms with van der Waals surface area (Å²) in [5.41, 5.74) is 2.24. The molecule has 0 saturated heterocycles. The second-order valence-corrected chi connectivity index (χ2v) is 8.47. The van der Waals surface area contributed by atoms with E-state index in [1.807, 2.05) is 42.5 Å². The molecule has 0 aliphatic heterocycles. The van der Waals surface area contributed by atoms with Crippen LogP contribution in [-0.4, -0.2) is 16.9 Å². The molecule has 2 aromatic carbocycles. The van der Waals surface area contributed by atoms with Crippen molar-refractivity contribution in [2.75, 3.05) is 0 Å². The fraction of sp³-hybridized carbons (Fsp3) is 0.360. The van der Waals surface area contributed by atoms with Gasteiger partial charge in [-0.15, -0.1) is 6.58 Å². The second kappa shape index (κ2) is 9.01. The number of rotatable bonds is 8. The molecule has 0 radical (unpaired) electrons. The summed E-state index contributed by atoms with van der Waals surface area (Å²) < 4.78 is 0. The summed E-state index contributed by atoms with van der Waals surface area (Å²) in [6.07, 6.45) is 3.11. The first-order valence-electron chi connectivity index (χ1n) is 9.14. The smallest absolute Gasteiger partial charge is 0.309 e. The van der Waals surface area contributed by atoms with E-state index in [9.17, 15) is 14.7 Å². The molecule has 150 valence electrons. The van der Waals surface area contributed by atoms with Gasteiger partial charge in [0.25, 0.3) is 0 Å². The monoisotopic (exact) mass is 380 g/mol. The normalized spacial score (nSPS) is 11.4. The first-order valence-corrected chi connectivity index (χ1v) is 9.14. The Morgan fingerprint density at radius 3 is 1.82 bits per heavy atom. The van der Waals surface area contributed by atoms with Crippen molar-refractivity contribution < 1.29 is 14.7 Å². The molecule has 0 saturated carbocycles. The van der Waals surface area contributed by atoms with Crippen molar-refractivity contribution in [2.24, 2.45) is 10.8 Å². The highest BCUT2D eigenvalue weighted by molar-refractivity contribution is 6.09. The average molecular weight is 381 g/mol. The lowest BCUT2D eigenvalue weighted by Crippen LogP contribution is -2.26. The third kappa shape index (κ3) is 5.91. The first kappa shape index (κ1) is 23.4. The molecule has 1 N–H and O–H groups in total. The molecule has 0 aliphatic carbocycles. The van der Waals surface area contributed by atoms with Crippen LogP contribution in [0, 0.1) is 10.8 Å². The number of hydrogen-bond donors (Lipinski definition) is 1.